The Morgan fingerprint density at radius 1 is 0.844 bits per heavy atom. The molecule has 1 N–H and O–H groups in total. The van der Waals surface area contributed by atoms with Gasteiger partial charge in [0.15, 0.2) is 0 Å². The number of ether oxygens (including phenoxy) is 1. The van der Waals surface area contributed by atoms with Crippen LogP contribution < -0.4 is 15.0 Å². The highest BCUT2D eigenvalue weighted by Crippen LogP contribution is 2.32. The number of allylic oxidation sites excluding steroid dienone is 3. The maximum absolute atomic E-state index is 12.9. The van der Waals surface area contributed by atoms with Crippen molar-refractivity contribution in [3.05, 3.63) is 108 Å². The molecule has 3 amide bonds. The largest absolute Gasteiger partial charge is 0.457 e. The van der Waals surface area contributed by atoms with Crippen molar-refractivity contribution in [2.24, 2.45) is 0 Å². The van der Waals surface area contributed by atoms with Crippen LogP contribution in [0.4, 0.5) is 11.4 Å². The van der Waals surface area contributed by atoms with Gasteiger partial charge in [0.1, 0.15) is 11.5 Å². The fourth-order valence-electron chi connectivity index (χ4n) is 3.31. The van der Waals surface area contributed by atoms with E-state index < -0.39 is 5.91 Å². The zero-order chi connectivity index (χ0) is 22.5. The van der Waals surface area contributed by atoms with E-state index in [1.807, 2.05) is 19.1 Å². The number of rotatable bonds is 6. The zero-order valence-electron chi connectivity index (χ0n) is 17.3. The third-order valence-corrected chi connectivity index (χ3v) is 4.76. The Labute approximate surface area is 185 Å². The molecule has 32 heavy (non-hydrogen) atoms. The lowest BCUT2D eigenvalue weighted by Gasteiger charge is -2.13. The van der Waals surface area contributed by atoms with E-state index in [9.17, 15) is 14.4 Å². The number of nitrogens with zero attached hydrogens (tertiary/aromatic N) is 1. The number of benzene rings is 3. The van der Waals surface area contributed by atoms with E-state index >= 15 is 0 Å². The van der Waals surface area contributed by atoms with Crippen LogP contribution in [0.15, 0.2) is 97.1 Å². The zero-order valence-corrected chi connectivity index (χ0v) is 17.3. The second-order valence-corrected chi connectivity index (χ2v) is 6.99. The molecule has 3 aromatic carbocycles. The van der Waals surface area contributed by atoms with Crippen molar-refractivity contribution in [2.45, 2.75) is 6.92 Å². The first-order valence-electron chi connectivity index (χ1n) is 10.0. The maximum Gasteiger partial charge on any atom is 0.266 e. The summed E-state index contributed by atoms with van der Waals surface area (Å²) in [6.07, 6.45) is 6.66. The minimum absolute atomic E-state index is 0.261. The van der Waals surface area contributed by atoms with E-state index in [2.05, 4.69) is 5.32 Å². The Morgan fingerprint density at radius 3 is 2.38 bits per heavy atom. The number of hydrogen-bond donors (Lipinski definition) is 1. The molecule has 0 aromatic heterocycles. The second kappa shape index (κ2) is 9.14. The van der Waals surface area contributed by atoms with E-state index in [-0.39, 0.29) is 17.4 Å². The van der Waals surface area contributed by atoms with E-state index in [1.165, 1.54) is 6.08 Å². The average Bonchev–Trinajstić information content (AvgIpc) is 3.04. The van der Waals surface area contributed by atoms with Gasteiger partial charge in [-0.1, -0.05) is 42.5 Å². The highest BCUT2D eigenvalue weighted by molar-refractivity contribution is 6.34. The summed E-state index contributed by atoms with van der Waals surface area (Å²) < 4.78 is 5.89. The maximum atomic E-state index is 12.9. The van der Waals surface area contributed by atoms with Crippen LogP contribution in [0.2, 0.25) is 0 Å². The van der Waals surface area contributed by atoms with Crippen LogP contribution in [0.3, 0.4) is 0 Å². The predicted octanol–water partition coefficient (Wildman–Crippen LogP) is 5.35. The summed E-state index contributed by atoms with van der Waals surface area (Å²) in [5, 5.41) is 2.76. The molecule has 1 aliphatic heterocycles. The van der Waals surface area contributed by atoms with Crippen LogP contribution >= 0.6 is 0 Å². The summed E-state index contributed by atoms with van der Waals surface area (Å²) >= 11 is 0. The van der Waals surface area contributed by atoms with Gasteiger partial charge in [-0.05, 0) is 49.4 Å². The minimum Gasteiger partial charge on any atom is -0.457 e. The molecule has 0 radical (unpaired) electrons. The third kappa shape index (κ3) is 4.34. The highest BCUT2D eigenvalue weighted by Gasteiger charge is 2.36. The third-order valence-electron chi connectivity index (χ3n) is 4.76. The summed E-state index contributed by atoms with van der Waals surface area (Å²) in [5.74, 6) is -0.120. The number of nitrogens with one attached hydrogen (secondary N) is 1. The van der Waals surface area contributed by atoms with E-state index in [4.69, 9.17) is 4.74 Å². The van der Waals surface area contributed by atoms with Gasteiger partial charge in [0.2, 0.25) is 5.91 Å². The second-order valence-electron chi connectivity index (χ2n) is 6.99. The number of fused-ring (bicyclic) bond motifs is 1. The molecule has 6 heteroatoms. The first kappa shape index (κ1) is 20.8. The molecule has 0 saturated heterocycles. The van der Waals surface area contributed by atoms with Crippen molar-refractivity contribution in [2.75, 3.05) is 10.2 Å². The summed E-state index contributed by atoms with van der Waals surface area (Å²) in [7, 11) is 0. The lowest BCUT2D eigenvalue weighted by atomic mass is 10.1. The van der Waals surface area contributed by atoms with Gasteiger partial charge in [-0.2, -0.15) is 0 Å². The summed E-state index contributed by atoms with van der Waals surface area (Å²) in [5.41, 5.74) is 1.71. The number of amides is 3. The molecule has 0 fully saturated rings. The molecule has 1 heterocycles. The quantitative estimate of drug-likeness (QED) is 0.329. The van der Waals surface area contributed by atoms with Gasteiger partial charge in [0.25, 0.3) is 11.8 Å². The SMILES string of the molecule is CC=CC=CC(=O)Nc1cccc(Oc2ccc3c(c2)C(=O)N(c2ccccc2)C3=O)c1. The Kier molecular flexibility index (Phi) is 5.94. The number of hydrogen-bond acceptors (Lipinski definition) is 4. The highest BCUT2D eigenvalue weighted by atomic mass is 16.5. The molecule has 0 aliphatic carbocycles. The van der Waals surface area contributed by atoms with Crippen molar-refractivity contribution in [3.8, 4) is 11.5 Å². The molecule has 0 bridgehead atoms. The van der Waals surface area contributed by atoms with Crippen LogP contribution in [0, 0.1) is 0 Å². The molecule has 0 atom stereocenters. The number of carbonyl (C=O) groups is 3. The Hall–Kier alpha value is -4.45. The molecule has 4 rings (SSSR count). The summed E-state index contributed by atoms with van der Waals surface area (Å²) in [6, 6.07) is 20.5. The van der Waals surface area contributed by atoms with Gasteiger partial charge < -0.3 is 10.1 Å². The number of anilines is 2. The van der Waals surface area contributed by atoms with Gasteiger partial charge >= 0.3 is 0 Å². The van der Waals surface area contributed by atoms with Crippen LogP contribution in [0.25, 0.3) is 0 Å². The average molecular weight is 424 g/mol. The lowest BCUT2D eigenvalue weighted by molar-refractivity contribution is -0.111. The topological polar surface area (TPSA) is 75.7 Å². The molecular weight excluding hydrogens is 404 g/mol. The first-order chi connectivity index (χ1) is 15.6. The van der Waals surface area contributed by atoms with Gasteiger partial charge in [-0.3, -0.25) is 14.4 Å². The van der Waals surface area contributed by atoms with Crippen LogP contribution in [0.5, 0.6) is 11.5 Å². The lowest BCUT2D eigenvalue weighted by Crippen LogP contribution is -2.29. The van der Waals surface area contributed by atoms with E-state index in [1.54, 1.807) is 78.9 Å². The van der Waals surface area contributed by atoms with E-state index in [0.717, 1.165) is 4.90 Å². The number of imide groups is 1. The fraction of sp³-hybridized carbons (Fsp3) is 0.0385. The van der Waals surface area contributed by atoms with Crippen molar-refractivity contribution in [3.63, 3.8) is 0 Å². The molecule has 1 aliphatic rings. The molecule has 0 unspecified atom stereocenters. The molecule has 0 saturated carbocycles. The van der Waals surface area contributed by atoms with Crippen LogP contribution in [-0.2, 0) is 4.79 Å². The van der Waals surface area contributed by atoms with Crippen molar-refractivity contribution in [1.82, 2.24) is 0 Å². The van der Waals surface area contributed by atoms with Gasteiger partial charge in [-0.15, -0.1) is 0 Å². The fourth-order valence-corrected chi connectivity index (χ4v) is 3.31. The predicted molar refractivity (Wildman–Crippen MR) is 123 cm³/mol. The van der Waals surface area contributed by atoms with Crippen LogP contribution in [-0.4, -0.2) is 17.7 Å². The summed E-state index contributed by atoms with van der Waals surface area (Å²) in [6.45, 7) is 1.87. The van der Waals surface area contributed by atoms with E-state index in [0.29, 0.717) is 28.4 Å². The summed E-state index contributed by atoms with van der Waals surface area (Å²) in [4.78, 5) is 38.7. The molecular formula is C26H20N2O4. The molecule has 3 aromatic rings. The Morgan fingerprint density at radius 2 is 1.59 bits per heavy atom. The Balaban J connectivity index is 1.52. The first-order valence-corrected chi connectivity index (χ1v) is 10.0. The Bertz CT molecular complexity index is 1250. The number of carbonyl (C=O) groups excluding carboxylic acids is 3. The standard InChI is InChI=1S/C26H20N2O4/c1-2-3-5-13-24(29)27-18-9-8-12-20(16-18)32-21-14-15-22-23(17-21)26(31)28(25(22)30)19-10-6-4-7-11-19/h2-17H,1H3,(H,27,29). The monoisotopic (exact) mass is 424 g/mol. The molecule has 6 nitrogen and oxygen atoms in total. The van der Waals surface area contributed by atoms with Gasteiger partial charge in [0, 0.05) is 17.8 Å². The molecule has 158 valence electrons. The van der Waals surface area contributed by atoms with Gasteiger partial charge in [0.05, 0.1) is 16.8 Å². The van der Waals surface area contributed by atoms with Gasteiger partial charge in [-0.25, -0.2) is 4.90 Å². The van der Waals surface area contributed by atoms with Crippen molar-refractivity contribution < 1.29 is 19.1 Å². The minimum atomic E-state index is -0.393. The number of para-hydroxylation sites is 1. The van der Waals surface area contributed by atoms with Crippen molar-refractivity contribution in [1.29, 1.82) is 0 Å². The molecule has 0 spiro atoms. The van der Waals surface area contributed by atoms with Crippen LogP contribution in [0.1, 0.15) is 27.6 Å². The smallest absolute Gasteiger partial charge is 0.266 e. The van der Waals surface area contributed by atoms with Crippen molar-refractivity contribution >= 4 is 29.1 Å². The normalized spacial score (nSPS) is 13.1.